The summed E-state index contributed by atoms with van der Waals surface area (Å²) in [6, 6.07) is 13.0. The second-order valence-electron chi connectivity index (χ2n) is 8.74. The molecule has 0 aromatic heterocycles. The molecule has 1 saturated heterocycles. The van der Waals surface area contributed by atoms with Crippen LogP contribution in [0.5, 0.6) is 0 Å². The van der Waals surface area contributed by atoms with Crippen LogP contribution in [0.3, 0.4) is 0 Å². The van der Waals surface area contributed by atoms with Crippen molar-refractivity contribution in [2.45, 2.75) is 45.2 Å². The van der Waals surface area contributed by atoms with E-state index in [1.807, 2.05) is 24.3 Å². The summed E-state index contributed by atoms with van der Waals surface area (Å²) < 4.78 is 24.0. The number of amides is 1. The molecule has 30 heavy (non-hydrogen) atoms. The number of nitrogens with zero attached hydrogens (tertiary/aromatic N) is 2. The van der Waals surface area contributed by atoms with Gasteiger partial charge in [0.05, 0.1) is 16.4 Å². The Hall–Kier alpha value is -2.74. The van der Waals surface area contributed by atoms with Crippen LogP contribution in [0.1, 0.15) is 48.7 Å². The first-order valence-electron chi connectivity index (χ1n) is 9.81. The van der Waals surface area contributed by atoms with Crippen LogP contribution in [-0.4, -0.2) is 41.7 Å². The molecule has 0 unspecified atom stereocenters. The van der Waals surface area contributed by atoms with E-state index in [1.54, 1.807) is 4.90 Å². The fourth-order valence-corrected chi connectivity index (χ4v) is 5.32. The molecule has 1 atom stereocenters. The molecule has 3 rings (SSSR count). The minimum atomic E-state index is -3.18. The van der Waals surface area contributed by atoms with Crippen molar-refractivity contribution in [3.05, 3.63) is 75.3 Å². The number of benzene rings is 2. The summed E-state index contributed by atoms with van der Waals surface area (Å²) in [6.45, 7) is 6.64. The second-order valence-corrected chi connectivity index (χ2v) is 11.0. The van der Waals surface area contributed by atoms with Crippen molar-refractivity contribution >= 4 is 21.4 Å². The molecular weight excluding hydrogens is 404 g/mol. The topological polar surface area (TPSA) is 97.6 Å². The van der Waals surface area contributed by atoms with E-state index in [0.717, 1.165) is 5.56 Å². The van der Waals surface area contributed by atoms with E-state index in [4.69, 9.17) is 0 Å². The van der Waals surface area contributed by atoms with Gasteiger partial charge in [0.1, 0.15) is 0 Å². The Labute approximate surface area is 176 Å². The van der Waals surface area contributed by atoms with Crippen LogP contribution in [0.25, 0.3) is 0 Å². The summed E-state index contributed by atoms with van der Waals surface area (Å²) in [5, 5.41) is 10.9. The van der Waals surface area contributed by atoms with Crippen LogP contribution >= 0.6 is 0 Å². The Kier molecular flexibility index (Phi) is 5.99. The van der Waals surface area contributed by atoms with E-state index >= 15 is 0 Å². The zero-order valence-corrected chi connectivity index (χ0v) is 18.2. The molecule has 0 spiro atoms. The average molecular weight is 431 g/mol. The lowest BCUT2D eigenvalue weighted by Gasteiger charge is -2.29. The fourth-order valence-electron chi connectivity index (χ4n) is 3.59. The lowest BCUT2D eigenvalue weighted by atomic mass is 9.86. The van der Waals surface area contributed by atoms with E-state index in [9.17, 15) is 23.3 Å². The van der Waals surface area contributed by atoms with E-state index in [-0.39, 0.29) is 35.1 Å². The molecule has 1 amide bonds. The molecule has 8 heteroatoms. The molecule has 2 aromatic carbocycles. The van der Waals surface area contributed by atoms with Crippen molar-refractivity contribution in [3.63, 3.8) is 0 Å². The van der Waals surface area contributed by atoms with Gasteiger partial charge in [0, 0.05) is 30.3 Å². The Morgan fingerprint density at radius 3 is 2.17 bits per heavy atom. The lowest BCUT2D eigenvalue weighted by Crippen LogP contribution is -2.40. The Morgan fingerprint density at radius 2 is 1.70 bits per heavy atom. The quantitative estimate of drug-likeness (QED) is 0.532. The van der Waals surface area contributed by atoms with E-state index in [2.05, 4.69) is 20.8 Å². The van der Waals surface area contributed by atoms with Gasteiger partial charge < -0.3 is 4.90 Å². The molecular formula is C22H26N2O5S. The highest BCUT2D eigenvalue weighted by Gasteiger charge is 2.35. The molecule has 1 aliphatic heterocycles. The first-order chi connectivity index (χ1) is 14.0. The summed E-state index contributed by atoms with van der Waals surface area (Å²) in [5.74, 6) is -0.330. The van der Waals surface area contributed by atoms with Crippen LogP contribution in [-0.2, 0) is 21.8 Å². The minimum Gasteiger partial charge on any atom is -0.330 e. The molecule has 1 aliphatic rings. The van der Waals surface area contributed by atoms with E-state index in [0.29, 0.717) is 12.0 Å². The van der Waals surface area contributed by atoms with Gasteiger partial charge in [-0.05, 0) is 35.1 Å². The van der Waals surface area contributed by atoms with Gasteiger partial charge in [0.25, 0.3) is 11.6 Å². The summed E-state index contributed by atoms with van der Waals surface area (Å²) >= 11 is 0. The predicted molar refractivity (Wildman–Crippen MR) is 115 cm³/mol. The highest BCUT2D eigenvalue weighted by molar-refractivity contribution is 7.91. The fraction of sp³-hybridized carbons (Fsp3) is 0.409. The Morgan fingerprint density at radius 1 is 1.10 bits per heavy atom. The highest BCUT2D eigenvalue weighted by Crippen LogP contribution is 2.26. The third-order valence-corrected chi connectivity index (χ3v) is 7.16. The maximum atomic E-state index is 13.2. The number of non-ortho nitro benzene ring substituents is 1. The third-order valence-electron chi connectivity index (χ3n) is 5.41. The summed E-state index contributed by atoms with van der Waals surface area (Å²) in [6.07, 6.45) is 0.390. The number of hydrogen-bond acceptors (Lipinski definition) is 5. The number of nitro benzene ring substituents is 1. The molecule has 160 valence electrons. The number of sulfone groups is 1. The van der Waals surface area contributed by atoms with Gasteiger partial charge in [-0.15, -0.1) is 0 Å². The van der Waals surface area contributed by atoms with Crippen molar-refractivity contribution in [3.8, 4) is 0 Å². The maximum absolute atomic E-state index is 13.2. The standard InChI is InChI=1S/C22H26N2O5S/c1-22(2,3)18-8-4-16(5-9-18)14-23(20-12-13-30(28,29)15-20)21(25)17-6-10-19(11-7-17)24(26)27/h4-11,20H,12-15H2,1-3H3/t20-/m1/s1. The molecule has 1 fully saturated rings. The Bertz CT molecular complexity index is 1040. The van der Waals surface area contributed by atoms with Crippen molar-refractivity contribution in [1.29, 1.82) is 0 Å². The summed E-state index contributed by atoms with van der Waals surface area (Å²) in [5.41, 5.74) is 2.28. The first kappa shape index (κ1) is 22.0. The molecule has 2 aromatic rings. The van der Waals surface area contributed by atoms with Gasteiger partial charge in [-0.25, -0.2) is 8.42 Å². The van der Waals surface area contributed by atoms with Crippen LogP contribution in [0.4, 0.5) is 5.69 Å². The first-order valence-corrected chi connectivity index (χ1v) is 11.6. The van der Waals surface area contributed by atoms with Gasteiger partial charge >= 0.3 is 0 Å². The van der Waals surface area contributed by atoms with E-state index in [1.165, 1.54) is 29.8 Å². The summed E-state index contributed by atoms with van der Waals surface area (Å²) in [7, 11) is -3.18. The Balaban J connectivity index is 1.88. The zero-order chi connectivity index (χ0) is 22.1. The number of carbonyl (C=O) groups excluding carboxylic acids is 1. The molecule has 0 saturated carbocycles. The molecule has 7 nitrogen and oxygen atoms in total. The highest BCUT2D eigenvalue weighted by atomic mass is 32.2. The van der Waals surface area contributed by atoms with Gasteiger partial charge in [0.2, 0.25) is 0 Å². The molecule has 0 aliphatic carbocycles. The molecule has 0 bridgehead atoms. The smallest absolute Gasteiger partial charge is 0.269 e. The monoisotopic (exact) mass is 430 g/mol. The van der Waals surface area contributed by atoms with Crippen LogP contribution in [0.15, 0.2) is 48.5 Å². The second kappa shape index (κ2) is 8.18. The molecule has 0 radical (unpaired) electrons. The van der Waals surface area contributed by atoms with Gasteiger partial charge in [-0.1, -0.05) is 45.0 Å². The number of nitro groups is 1. The van der Waals surface area contributed by atoms with Gasteiger partial charge in [-0.2, -0.15) is 0 Å². The van der Waals surface area contributed by atoms with Crippen LogP contribution in [0.2, 0.25) is 0 Å². The van der Waals surface area contributed by atoms with E-state index < -0.39 is 20.8 Å². The number of rotatable bonds is 5. The van der Waals surface area contributed by atoms with Crippen LogP contribution < -0.4 is 0 Å². The lowest BCUT2D eigenvalue weighted by molar-refractivity contribution is -0.384. The third kappa shape index (κ3) is 5.05. The van der Waals surface area contributed by atoms with Crippen molar-refractivity contribution in [2.75, 3.05) is 11.5 Å². The summed E-state index contributed by atoms with van der Waals surface area (Å²) in [4.78, 5) is 25.2. The minimum absolute atomic E-state index is 0.00627. The normalized spacial score (nSPS) is 18.2. The van der Waals surface area contributed by atoms with Crippen molar-refractivity contribution in [2.24, 2.45) is 0 Å². The largest absolute Gasteiger partial charge is 0.330 e. The molecule has 0 N–H and O–H groups in total. The van der Waals surface area contributed by atoms with Crippen LogP contribution in [0, 0.1) is 10.1 Å². The average Bonchev–Trinajstić information content (AvgIpc) is 3.05. The SMILES string of the molecule is CC(C)(C)c1ccc(CN(C(=O)c2ccc([N+](=O)[O-])cc2)[C@@H]2CCS(=O)(=O)C2)cc1. The predicted octanol–water partition coefficient (Wildman–Crippen LogP) is 3.72. The molecule has 1 heterocycles. The van der Waals surface area contributed by atoms with Crippen molar-refractivity contribution < 1.29 is 18.1 Å². The van der Waals surface area contributed by atoms with Gasteiger partial charge in [-0.3, -0.25) is 14.9 Å². The van der Waals surface area contributed by atoms with Gasteiger partial charge in [0.15, 0.2) is 9.84 Å². The number of hydrogen-bond donors (Lipinski definition) is 0. The van der Waals surface area contributed by atoms with Crippen molar-refractivity contribution in [1.82, 2.24) is 4.90 Å². The number of carbonyl (C=O) groups is 1. The maximum Gasteiger partial charge on any atom is 0.269 e. The zero-order valence-electron chi connectivity index (χ0n) is 17.4.